The highest BCUT2D eigenvalue weighted by Gasteiger charge is 2.14. The minimum absolute atomic E-state index is 0.495. The van der Waals surface area contributed by atoms with E-state index in [1.54, 1.807) is 0 Å². The van der Waals surface area contributed by atoms with E-state index < -0.39 is 0 Å². The van der Waals surface area contributed by atoms with Gasteiger partial charge in [0.1, 0.15) is 0 Å². The maximum Gasteiger partial charge on any atom is 0.248 e. The van der Waals surface area contributed by atoms with E-state index in [-0.39, 0.29) is 0 Å². The smallest absolute Gasteiger partial charge is 0.248 e. The summed E-state index contributed by atoms with van der Waals surface area (Å²) >= 11 is 0. The van der Waals surface area contributed by atoms with Crippen LogP contribution in [0.1, 0.15) is 19.5 Å². The molecule has 0 spiro atoms. The molecule has 0 unspecified atom stereocenters. The molecular weight excluding hydrogens is 456 g/mol. The van der Waals surface area contributed by atoms with Crippen LogP contribution in [0.5, 0.6) is 0 Å². The molecule has 2 heterocycles. The second-order valence-electron chi connectivity index (χ2n) is 9.54. The zero-order chi connectivity index (χ0) is 25.2. The van der Waals surface area contributed by atoms with Crippen LogP contribution in [0.25, 0.3) is 56.3 Å². The Kier molecular flexibility index (Phi) is 6.03. The Morgan fingerprint density at radius 3 is 1.62 bits per heavy atom. The quantitative estimate of drug-likeness (QED) is 0.242. The van der Waals surface area contributed by atoms with Crippen molar-refractivity contribution in [3.05, 3.63) is 109 Å². The van der Waals surface area contributed by atoms with Gasteiger partial charge in [-0.2, -0.15) is 0 Å². The summed E-state index contributed by atoms with van der Waals surface area (Å²) in [4.78, 5) is 9.93. The number of aromatic nitrogens is 4. The summed E-state index contributed by atoms with van der Waals surface area (Å²) in [5, 5.41) is 8.43. The summed E-state index contributed by atoms with van der Waals surface area (Å²) in [6.45, 7) is 4.42. The molecule has 5 heteroatoms. The van der Waals surface area contributed by atoms with Crippen LogP contribution in [0.2, 0.25) is 0 Å². The van der Waals surface area contributed by atoms with Crippen LogP contribution in [0.15, 0.2) is 108 Å². The fraction of sp³-hybridized carbons (Fsp3) is 0.125. The zero-order valence-corrected chi connectivity index (χ0v) is 20.8. The Morgan fingerprint density at radius 2 is 1.03 bits per heavy atom. The summed E-state index contributed by atoms with van der Waals surface area (Å²) in [7, 11) is 0. The maximum absolute atomic E-state index is 5.90. The average molecular weight is 483 g/mol. The molecular formula is C32H26N4O. The normalized spacial score (nSPS) is 11.3. The van der Waals surface area contributed by atoms with Crippen molar-refractivity contribution in [1.29, 1.82) is 0 Å². The first-order valence-corrected chi connectivity index (χ1v) is 12.5. The summed E-state index contributed by atoms with van der Waals surface area (Å²) in [5.41, 5.74) is 8.98. The number of rotatable bonds is 6. The van der Waals surface area contributed by atoms with Gasteiger partial charge in [-0.1, -0.05) is 80.6 Å². The van der Waals surface area contributed by atoms with Crippen molar-refractivity contribution in [2.75, 3.05) is 0 Å². The number of hydrogen-bond acceptors (Lipinski definition) is 5. The van der Waals surface area contributed by atoms with Crippen LogP contribution in [0.4, 0.5) is 0 Å². The number of benzene rings is 4. The average Bonchev–Trinajstić information content (AvgIpc) is 3.44. The van der Waals surface area contributed by atoms with Gasteiger partial charge in [0, 0.05) is 16.7 Å². The standard InChI is InChI=1S/C32H26N4O/c1-21(2)20-29-30(34-28-11-7-6-10-27(28)33-29)24-16-12-22(13-17-24)23-14-18-26(19-15-23)32-36-35-31(37-32)25-8-4-3-5-9-25/h3-19,21H,20H2,1-2H3. The lowest BCUT2D eigenvalue weighted by Gasteiger charge is -2.12. The van der Waals surface area contributed by atoms with Crippen LogP contribution in [0, 0.1) is 5.92 Å². The van der Waals surface area contributed by atoms with Gasteiger partial charge in [0.2, 0.25) is 11.8 Å². The molecule has 0 amide bonds. The number of nitrogens with zero attached hydrogens (tertiary/aromatic N) is 4. The minimum atomic E-state index is 0.495. The summed E-state index contributed by atoms with van der Waals surface area (Å²) < 4.78 is 5.90. The van der Waals surface area contributed by atoms with Gasteiger partial charge in [0.05, 0.1) is 22.4 Å². The molecule has 0 bridgehead atoms. The first-order valence-electron chi connectivity index (χ1n) is 12.5. The molecule has 0 N–H and O–H groups in total. The Balaban J connectivity index is 1.27. The van der Waals surface area contributed by atoms with Gasteiger partial charge in [-0.3, -0.25) is 0 Å². The molecule has 6 aromatic rings. The Labute approximate surface area is 215 Å². The Hall–Kier alpha value is -4.64. The molecule has 0 aliphatic carbocycles. The lowest BCUT2D eigenvalue weighted by atomic mass is 9.98. The fourth-order valence-corrected chi connectivity index (χ4v) is 4.46. The second kappa shape index (κ2) is 9.78. The molecule has 0 atom stereocenters. The highest BCUT2D eigenvalue weighted by atomic mass is 16.4. The van der Waals surface area contributed by atoms with Crippen molar-refractivity contribution >= 4 is 11.0 Å². The van der Waals surface area contributed by atoms with Crippen LogP contribution < -0.4 is 0 Å². The van der Waals surface area contributed by atoms with Crippen molar-refractivity contribution in [2.24, 2.45) is 5.92 Å². The van der Waals surface area contributed by atoms with Crippen LogP contribution >= 0.6 is 0 Å². The lowest BCUT2D eigenvalue weighted by molar-refractivity contribution is 0.584. The molecule has 0 saturated carbocycles. The van der Waals surface area contributed by atoms with E-state index in [0.29, 0.717) is 17.7 Å². The monoisotopic (exact) mass is 482 g/mol. The van der Waals surface area contributed by atoms with Crippen molar-refractivity contribution in [2.45, 2.75) is 20.3 Å². The number of para-hydroxylation sites is 2. The SMILES string of the molecule is CC(C)Cc1nc2ccccc2nc1-c1ccc(-c2ccc(-c3nnc(-c4ccccc4)o3)cc2)cc1. The summed E-state index contributed by atoms with van der Waals surface area (Å²) in [6.07, 6.45) is 0.887. The van der Waals surface area contributed by atoms with E-state index in [0.717, 1.165) is 56.7 Å². The topological polar surface area (TPSA) is 64.7 Å². The fourth-order valence-electron chi connectivity index (χ4n) is 4.46. The second-order valence-corrected chi connectivity index (χ2v) is 9.54. The van der Waals surface area contributed by atoms with Crippen molar-refractivity contribution in [3.8, 4) is 45.3 Å². The molecule has 0 fully saturated rings. The van der Waals surface area contributed by atoms with E-state index in [2.05, 4.69) is 60.4 Å². The van der Waals surface area contributed by atoms with E-state index in [9.17, 15) is 0 Å². The third-order valence-electron chi connectivity index (χ3n) is 6.31. The predicted molar refractivity (Wildman–Crippen MR) is 148 cm³/mol. The van der Waals surface area contributed by atoms with Crippen molar-refractivity contribution in [1.82, 2.24) is 20.2 Å². The van der Waals surface area contributed by atoms with Gasteiger partial charge in [-0.15, -0.1) is 10.2 Å². The molecule has 0 saturated heterocycles. The van der Waals surface area contributed by atoms with Gasteiger partial charge >= 0.3 is 0 Å². The Bertz CT molecular complexity index is 1650. The minimum Gasteiger partial charge on any atom is -0.416 e. The Morgan fingerprint density at radius 1 is 0.541 bits per heavy atom. The molecule has 0 radical (unpaired) electrons. The number of fused-ring (bicyclic) bond motifs is 1. The molecule has 180 valence electrons. The predicted octanol–water partition coefficient (Wildman–Crippen LogP) is 7.88. The third-order valence-corrected chi connectivity index (χ3v) is 6.31. The first kappa shape index (κ1) is 22.8. The largest absolute Gasteiger partial charge is 0.416 e. The molecule has 5 nitrogen and oxygen atoms in total. The highest BCUT2D eigenvalue weighted by Crippen LogP contribution is 2.30. The summed E-state index contributed by atoms with van der Waals surface area (Å²) in [6, 6.07) is 34.6. The molecule has 2 aromatic heterocycles. The highest BCUT2D eigenvalue weighted by molar-refractivity contribution is 5.79. The number of hydrogen-bond donors (Lipinski definition) is 0. The van der Waals surface area contributed by atoms with Crippen molar-refractivity contribution < 1.29 is 4.42 Å². The third kappa shape index (κ3) is 4.76. The van der Waals surface area contributed by atoms with Gasteiger partial charge in [-0.25, -0.2) is 9.97 Å². The molecule has 0 aliphatic heterocycles. The molecule has 0 aliphatic rings. The van der Waals surface area contributed by atoms with Gasteiger partial charge in [0.25, 0.3) is 0 Å². The van der Waals surface area contributed by atoms with E-state index >= 15 is 0 Å². The van der Waals surface area contributed by atoms with E-state index in [4.69, 9.17) is 14.4 Å². The first-order chi connectivity index (χ1) is 18.1. The molecule has 4 aromatic carbocycles. The molecule has 6 rings (SSSR count). The summed E-state index contributed by atoms with van der Waals surface area (Å²) in [5.74, 6) is 1.52. The van der Waals surface area contributed by atoms with Crippen LogP contribution in [0.3, 0.4) is 0 Å². The molecule has 37 heavy (non-hydrogen) atoms. The van der Waals surface area contributed by atoms with Crippen LogP contribution in [-0.4, -0.2) is 20.2 Å². The van der Waals surface area contributed by atoms with Gasteiger partial charge < -0.3 is 4.42 Å². The zero-order valence-electron chi connectivity index (χ0n) is 20.8. The van der Waals surface area contributed by atoms with Gasteiger partial charge in [0.15, 0.2) is 0 Å². The van der Waals surface area contributed by atoms with Crippen LogP contribution in [-0.2, 0) is 6.42 Å². The van der Waals surface area contributed by atoms with Crippen molar-refractivity contribution in [3.63, 3.8) is 0 Å². The van der Waals surface area contributed by atoms with E-state index in [1.807, 2.05) is 66.7 Å². The van der Waals surface area contributed by atoms with E-state index in [1.165, 1.54) is 0 Å². The van der Waals surface area contributed by atoms with Gasteiger partial charge in [-0.05, 0) is 59.9 Å². The maximum atomic E-state index is 5.90. The lowest BCUT2D eigenvalue weighted by Crippen LogP contribution is -2.03.